The van der Waals surface area contributed by atoms with E-state index < -0.39 is 0 Å². The van der Waals surface area contributed by atoms with Crippen molar-refractivity contribution >= 4 is 28.2 Å². The van der Waals surface area contributed by atoms with E-state index in [0.717, 1.165) is 5.56 Å². The number of anilines is 1. The van der Waals surface area contributed by atoms with Gasteiger partial charge in [-0.05, 0) is 30.5 Å². The molecule has 2 rings (SSSR count). The molecule has 0 bridgehead atoms. The van der Waals surface area contributed by atoms with Gasteiger partial charge in [-0.15, -0.1) is 11.3 Å². The third kappa shape index (κ3) is 3.90. The molecule has 2 amide bonds. The Balaban J connectivity index is 2.15. The van der Waals surface area contributed by atoms with E-state index >= 15 is 0 Å². The van der Waals surface area contributed by atoms with E-state index in [1.807, 2.05) is 25.1 Å². The topological polar surface area (TPSA) is 61.4 Å². The first kappa shape index (κ1) is 15.2. The zero-order valence-corrected chi connectivity index (χ0v) is 13.0. The number of carbonyl (C=O) groups excluding carboxylic acids is 2. The summed E-state index contributed by atoms with van der Waals surface area (Å²) in [6, 6.07) is 9.00. The predicted octanol–water partition coefficient (Wildman–Crippen LogP) is 2.52. The minimum absolute atomic E-state index is 0.222. The van der Waals surface area contributed by atoms with Crippen molar-refractivity contribution in [1.82, 2.24) is 10.4 Å². The highest BCUT2D eigenvalue weighted by molar-refractivity contribution is 7.14. The number of rotatable bonds is 4. The van der Waals surface area contributed by atoms with Gasteiger partial charge >= 0.3 is 0 Å². The van der Waals surface area contributed by atoms with Gasteiger partial charge in [0.25, 0.3) is 11.8 Å². The van der Waals surface area contributed by atoms with E-state index in [-0.39, 0.29) is 11.8 Å². The summed E-state index contributed by atoms with van der Waals surface area (Å²) in [7, 11) is 3.46. The maximum atomic E-state index is 12.2. The summed E-state index contributed by atoms with van der Waals surface area (Å²) in [5.41, 5.74) is 4.70. The number of carbonyl (C=O) groups is 2. The molecule has 0 spiro atoms. The molecule has 1 aromatic heterocycles. The molecule has 6 heteroatoms. The number of amides is 2. The van der Waals surface area contributed by atoms with Gasteiger partial charge in [0.2, 0.25) is 0 Å². The van der Waals surface area contributed by atoms with Crippen LogP contribution in [0.15, 0.2) is 35.7 Å². The lowest BCUT2D eigenvalue weighted by Crippen LogP contribution is -2.36. The van der Waals surface area contributed by atoms with Gasteiger partial charge in [0.05, 0.1) is 5.56 Å². The molecule has 0 saturated heterocycles. The van der Waals surface area contributed by atoms with Crippen LogP contribution in [0.2, 0.25) is 0 Å². The number of hydrogen-bond acceptors (Lipinski definition) is 4. The fourth-order valence-corrected chi connectivity index (χ4v) is 2.59. The van der Waals surface area contributed by atoms with E-state index in [2.05, 4.69) is 10.7 Å². The highest BCUT2D eigenvalue weighted by atomic mass is 32.1. The molecule has 110 valence electrons. The van der Waals surface area contributed by atoms with E-state index in [9.17, 15) is 9.59 Å². The molecular formula is C15H17N3O2S. The number of hydrogen-bond donors (Lipinski definition) is 2. The van der Waals surface area contributed by atoms with Crippen molar-refractivity contribution in [1.29, 1.82) is 0 Å². The van der Waals surface area contributed by atoms with Crippen LogP contribution in [0.25, 0.3) is 0 Å². The van der Waals surface area contributed by atoms with E-state index in [1.165, 1.54) is 11.3 Å². The van der Waals surface area contributed by atoms with Gasteiger partial charge in [0, 0.05) is 19.7 Å². The van der Waals surface area contributed by atoms with Crippen LogP contribution in [0.3, 0.4) is 0 Å². The zero-order valence-electron chi connectivity index (χ0n) is 12.1. The largest absolute Gasteiger partial charge is 0.313 e. The monoisotopic (exact) mass is 303 g/mol. The second kappa shape index (κ2) is 6.51. The summed E-state index contributed by atoms with van der Waals surface area (Å²) in [6.45, 7) is 1.93. The van der Waals surface area contributed by atoms with Gasteiger partial charge < -0.3 is 5.32 Å². The van der Waals surface area contributed by atoms with Gasteiger partial charge in [-0.2, -0.15) is 0 Å². The normalized spacial score (nSPS) is 10.5. The van der Waals surface area contributed by atoms with E-state index in [0.29, 0.717) is 16.1 Å². The van der Waals surface area contributed by atoms with Gasteiger partial charge in [0.15, 0.2) is 0 Å². The molecule has 0 aliphatic carbocycles. The number of nitrogens with one attached hydrogen (secondary N) is 2. The maximum absolute atomic E-state index is 12.2. The molecule has 0 unspecified atom stereocenters. The first-order valence-corrected chi connectivity index (χ1v) is 7.29. The quantitative estimate of drug-likeness (QED) is 0.853. The lowest BCUT2D eigenvalue weighted by molar-refractivity contribution is 0.0858. The van der Waals surface area contributed by atoms with E-state index in [4.69, 9.17) is 0 Å². The summed E-state index contributed by atoms with van der Waals surface area (Å²) < 4.78 is 0. The van der Waals surface area contributed by atoms with Crippen molar-refractivity contribution in [2.75, 3.05) is 19.4 Å². The SMILES string of the molecule is Cc1cccc(C(=O)Nc2sccc2C(=O)NN(C)C)c1. The van der Waals surface area contributed by atoms with E-state index in [1.54, 1.807) is 36.6 Å². The Labute approximate surface area is 127 Å². The number of hydrazine groups is 1. The number of benzene rings is 1. The second-order valence-electron chi connectivity index (χ2n) is 4.82. The van der Waals surface area contributed by atoms with Crippen molar-refractivity contribution in [2.24, 2.45) is 0 Å². The Hall–Kier alpha value is -2.18. The molecule has 0 aliphatic heterocycles. The summed E-state index contributed by atoms with van der Waals surface area (Å²) >= 11 is 1.32. The van der Waals surface area contributed by atoms with Crippen LogP contribution in [-0.2, 0) is 0 Å². The molecule has 0 fully saturated rings. The van der Waals surface area contributed by atoms with Crippen LogP contribution in [0.1, 0.15) is 26.3 Å². The summed E-state index contributed by atoms with van der Waals surface area (Å²) in [5.74, 6) is -0.471. The number of thiophene rings is 1. The molecule has 21 heavy (non-hydrogen) atoms. The molecule has 5 nitrogen and oxygen atoms in total. The van der Waals surface area contributed by atoms with Gasteiger partial charge in [-0.1, -0.05) is 17.7 Å². The molecule has 1 aromatic carbocycles. The Morgan fingerprint density at radius 2 is 1.90 bits per heavy atom. The minimum atomic E-state index is -0.249. The van der Waals surface area contributed by atoms with Crippen molar-refractivity contribution in [2.45, 2.75) is 6.92 Å². The Morgan fingerprint density at radius 3 is 2.57 bits per heavy atom. The molecule has 2 N–H and O–H groups in total. The van der Waals surface area contributed by atoms with Crippen LogP contribution < -0.4 is 10.7 Å². The third-order valence-electron chi connectivity index (χ3n) is 2.74. The first-order valence-electron chi connectivity index (χ1n) is 6.41. The van der Waals surface area contributed by atoms with Crippen molar-refractivity contribution in [3.63, 3.8) is 0 Å². The maximum Gasteiger partial charge on any atom is 0.268 e. The standard InChI is InChI=1S/C15H17N3O2S/c1-10-5-4-6-11(9-10)13(19)16-15-12(7-8-21-15)14(20)17-18(2)3/h4-9H,1-3H3,(H,16,19)(H,17,20). The van der Waals surface area contributed by atoms with Crippen molar-refractivity contribution in [3.05, 3.63) is 52.4 Å². The van der Waals surface area contributed by atoms with Gasteiger partial charge in [-0.3, -0.25) is 15.0 Å². The highest BCUT2D eigenvalue weighted by Gasteiger charge is 2.16. The fraction of sp³-hybridized carbons (Fsp3) is 0.200. The number of aryl methyl sites for hydroxylation is 1. The van der Waals surface area contributed by atoms with Crippen LogP contribution >= 0.6 is 11.3 Å². The molecule has 0 atom stereocenters. The van der Waals surface area contributed by atoms with Crippen molar-refractivity contribution < 1.29 is 9.59 Å². The molecule has 0 aliphatic rings. The molecular weight excluding hydrogens is 286 g/mol. The van der Waals surface area contributed by atoms with Crippen LogP contribution in [0.4, 0.5) is 5.00 Å². The number of nitrogens with zero attached hydrogens (tertiary/aromatic N) is 1. The minimum Gasteiger partial charge on any atom is -0.313 e. The average molecular weight is 303 g/mol. The summed E-state index contributed by atoms with van der Waals surface area (Å²) in [5, 5.41) is 6.67. The Kier molecular flexibility index (Phi) is 4.72. The Morgan fingerprint density at radius 1 is 1.14 bits per heavy atom. The van der Waals surface area contributed by atoms with Gasteiger partial charge in [-0.25, -0.2) is 5.01 Å². The fourth-order valence-electron chi connectivity index (χ4n) is 1.81. The van der Waals surface area contributed by atoms with Crippen LogP contribution in [0.5, 0.6) is 0 Å². The summed E-state index contributed by atoms with van der Waals surface area (Å²) in [4.78, 5) is 24.2. The predicted molar refractivity (Wildman–Crippen MR) is 84.6 cm³/mol. The molecule has 0 saturated carbocycles. The average Bonchev–Trinajstić information content (AvgIpc) is 2.86. The van der Waals surface area contributed by atoms with Crippen LogP contribution in [-0.4, -0.2) is 30.9 Å². The lowest BCUT2D eigenvalue weighted by Gasteiger charge is -2.12. The van der Waals surface area contributed by atoms with Gasteiger partial charge in [0.1, 0.15) is 5.00 Å². The lowest BCUT2D eigenvalue weighted by atomic mass is 10.1. The van der Waals surface area contributed by atoms with Crippen LogP contribution in [0, 0.1) is 6.92 Å². The smallest absolute Gasteiger partial charge is 0.268 e. The second-order valence-corrected chi connectivity index (χ2v) is 5.74. The molecule has 0 radical (unpaired) electrons. The third-order valence-corrected chi connectivity index (χ3v) is 3.57. The molecule has 2 aromatic rings. The summed E-state index contributed by atoms with van der Waals surface area (Å²) in [6.07, 6.45) is 0. The molecule has 1 heterocycles. The Bertz CT molecular complexity index is 664. The highest BCUT2D eigenvalue weighted by Crippen LogP contribution is 2.24. The first-order chi connectivity index (χ1) is 9.97. The van der Waals surface area contributed by atoms with Crippen molar-refractivity contribution in [3.8, 4) is 0 Å². The zero-order chi connectivity index (χ0) is 15.4.